The SMILES string of the molecule is C=CCOc1c(I)cc(/C=N\NC(=O)COc2ccc(Cl)cc2)cc1OC. The van der Waals surface area contributed by atoms with E-state index in [2.05, 4.69) is 39.7 Å². The molecular weight excluding hydrogens is 483 g/mol. The second-order valence-corrected chi connectivity index (χ2v) is 6.77. The molecule has 8 heteroatoms. The van der Waals surface area contributed by atoms with Crippen molar-refractivity contribution in [3.8, 4) is 17.2 Å². The maximum atomic E-state index is 11.8. The Labute approximate surface area is 176 Å². The third kappa shape index (κ3) is 6.76. The first-order chi connectivity index (χ1) is 13.0. The highest BCUT2D eigenvalue weighted by Gasteiger charge is 2.10. The molecule has 2 aromatic rings. The summed E-state index contributed by atoms with van der Waals surface area (Å²) in [6.07, 6.45) is 3.18. The van der Waals surface area contributed by atoms with Crippen LogP contribution in [0.2, 0.25) is 5.02 Å². The number of carbonyl (C=O) groups excluding carboxylic acids is 1. The van der Waals surface area contributed by atoms with E-state index in [0.29, 0.717) is 28.9 Å². The van der Waals surface area contributed by atoms with Gasteiger partial charge in [-0.1, -0.05) is 24.3 Å². The van der Waals surface area contributed by atoms with Crippen LogP contribution >= 0.6 is 34.2 Å². The van der Waals surface area contributed by atoms with Gasteiger partial charge >= 0.3 is 0 Å². The lowest BCUT2D eigenvalue weighted by molar-refractivity contribution is -0.123. The van der Waals surface area contributed by atoms with Gasteiger partial charge in [0, 0.05) is 5.02 Å². The van der Waals surface area contributed by atoms with Gasteiger partial charge in [-0.15, -0.1) is 0 Å². The Morgan fingerprint density at radius 2 is 2.04 bits per heavy atom. The molecule has 0 aliphatic heterocycles. The number of halogens is 2. The minimum atomic E-state index is -0.381. The Hall–Kier alpha value is -2.26. The molecule has 2 rings (SSSR count). The van der Waals surface area contributed by atoms with E-state index < -0.39 is 0 Å². The number of nitrogens with one attached hydrogen (secondary N) is 1. The van der Waals surface area contributed by atoms with Gasteiger partial charge in [0.05, 0.1) is 16.9 Å². The van der Waals surface area contributed by atoms with Crippen LogP contribution in [0.3, 0.4) is 0 Å². The van der Waals surface area contributed by atoms with Crippen molar-refractivity contribution >= 4 is 46.3 Å². The smallest absolute Gasteiger partial charge is 0.277 e. The molecule has 0 saturated carbocycles. The summed E-state index contributed by atoms with van der Waals surface area (Å²) >= 11 is 7.94. The van der Waals surface area contributed by atoms with Gasteiger partial charge in [0.15, 0.2) is 18.1 Å². The Balaban J connectivity index is 1.92. The van der Waals surface area contributed by atoms with Crippen LogP contribution in [0.4, 0.5) is 0 Å². The van der Waals surface area contributed by atoms with Crippen LogP contribution in [0.15, 0.2) is 54.2 Å². The number of nitrogens with zero attached hydrogens (tertiary/aromatic N) is 1. The van der Waals surface area contributed by atoms with Crippen molar-refractivity contribution in [2.75, 3.05) is 20.3 Å². The topological polar surface area (TPSA) is 69.2 Å². The Morgan fingerprint density at radius 3 is 2.70 bits per heavy atom. The molecule has 0 aromatic heterocycles. The van der Waals surface area contributed by atoms with Crippen molar-refractivity contribution in [1.82, 2.24) is 5.43 Å². The lowest BCUT2D eigenvalue weighted by Crippen LogP contribution is -2.24. The van der Waals surface area contributed by atoms with E-state index in [1.54, 1.807) is 43.5 Å². The largest absolute Gasteiger partial charge is 0.493 e. The minimum absolute atomic E-state index is 0.159. The summed E-state index contributed by atoms with van der Waals surface area (Å²) in [5.74, 6) is 1.37. The third-order valence-electron chi connectivity index (χ3n) is 3.18. The zero-order valence-corrected chi connectivity index (χ0v) is 17.5. The van der Waals surface area contributed by atoms with Crippen LogP contribution in [-0.2, 0) is 4.79 Å². The van der Waals surface area contributed by atoms with Crippen molar-refractivity contribution < 1.29 is 19.0 Å². The first-order valence-electron chi connectivity index (χ1n) is 7.85. The third-order valence-corrected chi connectivity index (χ3v) is 4.24. The first kappa shape index (κ1) is 21.0. The van der Waals surface area contributed by atoms with Crippen molar-refractivity contribution in [2.24, 2.45) is 5.10 Å². The van der Waals surface area contributed by atoms with Crippen LogP contribution in [0.5, 0.6) is 17.2 Å². The number of rotatable bonds is 9. The van der Waals surface area contributed by atoms with Gasteiger partial charge in [-0.25, -0.2) is 5.43 Å². The summed E-state index contributed by atoms with van der Waals surface area (Å²) in [6.45, 7) is 3.85. The predicted molar refractivity (Wildman–Crippen MR) is 114 cm³/mol. The molecule has 0 unspecified atom stereocenters. The fourth-order valence-corrected chi connectivity index (χ4v) is 2.89. The fourth-order valence-electron chi connectivity index (χ4n) is 1.99. The molecule has 0 radical (unpaired) electrons. The van der Waals surface area contributed by atoms with Gasteiger partial charge in [0.25, 0.3) is 5.91 Å². The van der Waals surface area contributed by atoms with E-state index >= 15 is 0 Å². The molecule has 6 nitrogen and oxygen atoms in total. The van der Waals surface area contributed by atoms with Crippen LogP contribution in [0, 0.1) is 3.57 Å². The van der Waals surface area contributed by atoms with Crippen LogP contribution in [-0.4, -0.2) is 32.4 Å². The number of hydrogen-bond acceptors (Lipinski definition) is 5. The van der Waals surface area contributed by atoms with Gasteiger partial charge in [-0.05, 0) is 64.6 Å². The van der Waals surface area contributed by atoms with E-state index in [4.69, 9.17) is 25.8 Å². The molecule has 142 valence electrons. The quantitative estimate of drug-likeness (QED) is 0.244. The molecule has 0 aliphatic carbocycles. The first-order valence-corrected chi connectivity index (χ1v) is 9.30. The summed E-state index contributed by atoms with van der Waals surface area (Å²) < 4.78 is 17.1. The molecule has 0 fully saturated rings. The van der Waals surface area contributed by atoms with Crippen LogP contribution in [0.25, 0.3) is 0 Å². The highest BCUT2D eigenvalue weighted by molar-refractivity contribution is 14.1. The number of amides is 1. The van der Waals surface area contributed by atoms with Crippen molar-refractivity contribution in [2.45, 2.75) is 0 Å². The minimum Gasteiger partial charge on any atom is -0.493 e. The average Bonchev–Trinajstić information content (AvgIpc) is 2.66. The number of benzene rings is 2. The number of hydrazone groups is 1. The monoisotopic (exact) mass is 500 g/mol. The standard InChI is InChI=1S/C19H18ClIN2O4/c1-3-8-26-19-16(21)9-13(10-17(19)25-2)11-22-23-18(24)12-27-15-6-4-14(20)5-7-15/h3-7,9-11H,1,8,12H2,2H3,(H,23,24)/b22-11-. The summed E-state index contributed by atoms with van der Waals surface area (Å²) in [7, 11) is 1.56. The van der Waals surface area contributed by atoms with Crippen molar-refractivity contribution in [1.29, 1.82) is 0 Å². The zero-order valence-electron chi connectivity index (χ0n) is 14.6. The molecule has 0 bridgehead atoms. The number of carbonyl (C=O) groups is 1. The number of ether oxygens (including phenoxy) is 3. The van der Waals surface area contributed by atoms with Crippen LogP contribution in [0.1, 0.15) is 5.56 Å². The maximum Gasteiger partial charge on any atom is 0.277 e. The zero-order chi connectivity index (χ0) is 19.6. The fraction of sp³-hybridized carbons (Fsp3) is 0.158. The second-order valence-electron chi connectivity index (χ2n) is 5.17. The molecular formula is C19H18ClIN2O4. The van der Waals surface area contributed by atoms with Gasteiger partial charge in [-0.2, -0.15) is 5.10 Å². The molecule has 27 heavy (non-hydrogen) atoms. The van der Waals surface area contributed by atoms with E-state index in [-0.39, 0.29) is 12.5 Å². The lowest BCUT2D eigenvalue weighted by atomic mass is 10.2. The highest BCUT2D eigenvalue weighted by atomic mass is 127. The predicted octanol–water partition coefficient (Wildman–Crippen LogP) is 4.05. The highest BCUT2D eigenvalue weighted by Crippen LogP contribution is 2.33. The Morgan fingerprint density at radius 1 is 1.30 bits per heavy atom. The molecule has 2 aromatic carbocycles. The second kappa shape index (κ2) is 10.8. The molecule has 0 spiro atoms. The normalized spacial score (nSPS) is 10.5. The van der Waals surface area contributed by atoms with Gasteiger partial charge in [0.1, 0.15) is 12.4 Å². The van der Waals surface area contributed by atoms with E-state index in [9.17, 15) is 4.79 Å². The Bertz CT molecular complexity index is 825. The number of hydrogen-bond donors (Lipinski definition) is 1. The van der Waals surface area contributed by atoms with E-state index in [1.807, 2.05) is 6.07 Å². The van der Waals surface area contributed by atoms with Crippen molar-refractivity contribution in [3.63, 3.8) is 0 Å². The van der Waals surface area contributed by atoms with Crippen LogP contribution < -0.4 is 19.6 Å². The molecule has 0 saturated heterocycles. The summed E-state index contributed by atoms with van der Waals surface area (Å²) in [6, 6.07) is 10.4. The van der Waals surface area contributed by atoms with Gasteiger partial charge in [0.2, 0.25) is 0 Å². The lowest BCUT2D eigenvalue weighted by Gasteiger charge is -2.12. The van der Waals surface area contributed by atoms with E-state index in [0.717, 1.165) is 9.13 Å². The molecule has 0 atom stereocenters. The summed E-state index contributed by atoms with van der Waals surface area (Å²) in [4.78, 5) is 11.8. The maximum absolute atomic E-state index is 11.8. The average molecular weight is 501 g/mol. The summed E-state index contributed by atoms with van der Waals surface area (Å²) in [5.41, 5.74) is 3.16. The van der Waals surface area contributed by atoms with Gasteiger partial charge in [-0.3, -0.25) is 4.79 Å². The molecule has 1 amide bonds. The van der Waals surface area contributed by atoms with Gasteiger partial charge < -0.3 is 14.2 Å². The van der Waals surface area contributed by atoms with E-state index in [1.165, 1.54) is 6.21 Å². The molecule has 1 N–H and O–H groups in total. The molecule has 0 aliphatic rings. The van der Waals surface area contributed by atoms with Crippen molar-refractivity contribution in [3.05, 3.63) is 63.2 Å². The summed E-state index contributed by atoms with van der Waals surface area (Å²) in [5, 5.41) is 4.53. The molecule has 0 heterocycles. The number of methoxy groups -OCH3 is 1. The Kier molecular flexibility index (Phi) is 8.41.